The predicted octanol–water partition coefficient (Wildman–Crippen LogP) is 3.98. The zero-order chi connectivity index (χ0) is 28.3. The standard InChI is InChI=1S/C13H12ClN3O3S2.C11H11N3O2S2/c14-8-12(18)17-5-3-9-7-10(1-2-11(9)17)22(19,20)16-13-15-4-6-21-13;15-18(16,14-11-13-5-6-17-11)9-1-2-10-8(7-9)3-4-12-10/h1-2,4,6-7H,3,5,8H2,(H,15,16);1-2,5-7,12H,3-4H2,(H,13,14). The molecule has 3 N–H and O–H groups in total. The highest BCUT2D eigenvalue weighted by Gasteiger charge is 2.26. The Morgan fingerprint density at radius 1 is 0.900 bits per heavy atom. The van der Waals surface area contributed by atoms with Gasteiger partial charge < -0.3 is 10.2 Å². The number of benzene rings is 2. The molecule has 2 aliphatic heterocycles. The van der Waals surface area contributed by atoms with Gasteiger partial charge >= 0.3 is 0 Å². The summed E-state index contributed by atoms with van der Waals surface area (Å²) < 4.78 is 53.8. The number of carbonyl (C=O) groups is 1. The molecule has 0 bridgehead atoms. The Morgan fingerprint density at radius 3 is 2.08 bits per heavy atom. The zero-order valence-electron chi connectivity index (χ0n) is 20.7. The van der Waals surface area contributed by atoms with Gasteiger partial charge in [0.1, 0.15) is 5.88 Å². The molecule has 0 radical (unpaired) electrons. The average molecular weight is 639 g/mol. The smallest absolute Gasteiger partial charge is 0.263 e. The lowest BCUT2D eigenvalue weighted by Gasteiger charge is -2.16. The van der Waals surface area contributed by atoms with Crippen LogP contribution in [0.5, 0.6) is 0 Å². The van der Waals surface area contributed by atoms with Gasteiger partial charge in [-0.15, -0.1) is 34.3 Å². The maximum atomic E-state index is 12.3. The molecule has 2 aromatic carbocycles. The number of hydrogen-bond acceptors (Lipinski definition) is 10. The van der Waals surface area contributed by atoms with Crippen molar-refractivity contribution in [3.05, 3.63) is 70.7 Å². The molecule has 4 heterocycles. The molecule has 2 aliphatic rings. The third-order valence-electron chi connectivity index (χ3n) is 6.08. The quantitative estimate of drug-likeness (QED) is 0.257. The van der Waals surface area contributed by atoms with Gasteiger partial charge in [-0.05, 0) is 60.4 Å². The van der Waals surface area contributed by atoms with Crippen molar-refractivity contribution in [2.45, 2.75) is 22.6 Å². The number of anilines is 4. The summed E-state index contributed by atoms with van der Waals surface area (Å²) in [7, 11) is -7.21. The zero-order valence-corrected chi connectivity index (χ0v) is 24.7. The highest BCUT2D eigenvalue weighted by molar-refractivity contribution is 7.93. The van der Waals surface area contributed by atoms with Crippen molar-refractivity contribution in [1.29, 1.82) is 0 Å². The molecule has 0 unspecified atom stereocenters. The number of halogens is 1. The van der Waals surface area contributed by atoms with Crippen molar-refractivity contribution in [3.8, 4) is 0 Å². The van der Waals surface area contributed by atoms with Crippen molar-refractivity contribution < 1.29 is 21.6 Å². The molecule has 0 saturated carbocycles. The summed E-state index contributed by atoms with van der Waals surface area (Å²) >= 11 is 8.04. The van der Waals surface area contributed by atoms with Gasteiger partial charge in [0, 0.05) is 47.6 Å². The molecule has 16 heteroatoms. The van der Waals surface area contributed by atoms with Crippen LogP contribution in [0.4, 0.5) is 21.6 Å². The van der Waals surface area contributed by atoms with E-state index in [1.165, 1.54) is 34.9 Å². The van der Waals surface area contributed by atoms with E-state index in [4.69, 9.17) is 11.6 Å². The van der Waals surface area contributed by atoms with Crippen LogP contribution in [-0.2, 0) is 37.7 Å². The Labute approximate surface area is 244 Å². The molecule has 4 aromatic rings. The number of hydrogen-bond donors (Lipinski definition) is 3. The molecule has 40 heavy (non-hydrogen) atoms. The van der Waals surface area contributed by atoms with Gasteiger partial charge in [0.05, 0.1) is 9.79 Å². The van der Waals surface area contributed by atoms with Gasteiger partial charge in [0.25, 0.3) is 20.0 Å². The van der Waals surface area contributed by atoms with Gasteiger partial charge in [0.2, 0.25) is 5.91 Å². The van der Waals surface area contributed by atoms with Crippen LogP contribution in [0.2, 0.25) is 0 Å². The Hall–Kier alpha value is -3.24. The molecule has 0 aliphatic carbocycles. The van der Waals surface area contributed by atoms with Gasteiger partial charge in [-0.2, -0.15) is 0 Å². The van der Waals surface area contributed by atoms with Crippen LogP contribution in [0.25, 0.3) is 0 Å². The number of thiazole rings is 2. The number of carbonyl (C=O) groups excluding carboxylic acids is 1. The van der Waals surface area contributed by atoms with Gasteiger partial charge in [-0.25, -0.2) is 26.8 Å². The van der Waals surface area contributed by atoms with E-state index in [9.17, 15) is 21.6 Å². The predicted molar refractivity (Wildman–Crippen MR) is 158 cm³/mol. The minimum absolute atomic E-state index is 0.0922. The Kier molecular flexibility index (Phi) is 8.28. The lowest BCUT2D eigenvalue weighted by atomic mass is 10.2. The van der Waals surface area contributed by atoms with Crippen molar-refractivity contribution in [2.24, 2.45) is 0 Å². The third kappa shape index (κ3) is 6.23. The average Bonchev–Trinajstić information content (AvgIpc) is 3.75. The van der Waals surface area contributed by atoms with Crippen LogP contribution in [-0.4, -0.2) is 51.7 Å². The van der Waals surface area contributed by atoms with Gasteiger partial charge in [-0.1, -0.05) is 0 Å². The van der Waals surface area contributed by atoms with Crippen molar-refractivity contribution in [3.63, 3.8) is 0 Å². The highest BCUT2D eigenvalue weighted by atomic mass is 35.5. The first kappa shape index (κ1) is 28.3. The van der Waals surface area contributed by atoms with Crippen LogP contribution in [0, 0.1) is 0 Å². The number of aromatic nitrogens is 2. The second kappa shape index (κ2) is 11.7. The van der Waals surface area contributed by atoms with Crippen molar-refractivity contribution >= 4 is 81.9 Å². The summed E-state index contributed by atoms with van der Waals surface area (Å²) in [6, 6.07) is 9.84. The number of nitrogens with zero attached hydrogens (tertiary/aromatic N) is 3. The monoisotopic (exact) mass is 638 g/mol. The summed E-state index contributed by atoms with van der Waals surface area (Å²) in [4.78, 5) is 21.6. The fourth-order valence-electron chi connectivity index (χ4n) is 4.22. The second-order valence-corrected chi connectivity index (χ2v) is 14.0. The normalized spacial score (nSPS) is 14.0. The lowest BCUT2D eigenvalue weighted by Crippen LogP contribution is -2.29. The van der Waals surface area contributed by atoms with E-state index < -0.39 is 20.0 Å². The Morgan fingerprint density at radius 2 is 1.50 bits per heavy atom. The molecule has 1 amide bonds. The fourth-order valence-corrected chi connectivity index (χ4v) is 8.04. The molecule has 0 fully saturated rings. The SMILES string of the molecule is O=C(CCl)N1CCc2cc(S(=O)(=O)Nc3nccs3)ccc21.O=S(=O)(Nc1nccs1)c1ccc2c(c1)CCN2. The number of rotatable bonds is 7. The first-order valence-electron chi connectivity index (χ1n) is 11.9. The molecule has 6 rings (SSSR count). The molecule has 210 valence electrons. The minimum atomic E-state index is -3.68. The van der Waals surface area contributed by atoms with Crippen LogP contribution < -0.4 is 19.7 Å². The van der Waals surface area contributed by atoms with Gasteiger partial charge in [0.15, 0.2) is 10.3 Å². The number of amides is 1. The Bertz CT molecular complexity index is 1730. The largest absolute Gasteiger partial charge is 0.384 e. The molecule has 11 nitrogen and oxygen atoms in total. The lowest BCUT2D eigenvalue weighted by molar-refractivity contribution is -0.116. The summed E-state index contributed by atoms with van der Waals surface area (Å²) in [5, 5.41) is 7.32. The molecule has 0 spiro atoms. The summed E-state index contributed by atoms with van der Waals surface area (Å²) in [6.07, 6.45) is 4.56. The first-order valence-corrected chi connectivity index (χ1v) is 17.1. The topological polar surface area (TPSA) is 150 Å². The fraction of sp³-hybridized carbons (Fsp3) is 0.208. The maximum absolute atomic E-state index is 12.3. The third-order valence-corrected chi connectivity index (χ3v) is 10.6. The van der Waals surface area contributed by atoms with Gasteiger partial charge in [-0.3, -0.25) is 14.2 Å². The van der Waals surface area contributed by atoms with Crippen molar-refractivity contribution in [1.82, 2.24) is 9.97 Å². The molecule has 0 atom stereocenters. The van der Waals surface area contributed by atoms with E-state index in [0.29, 0.717) is 23.2 Å². The number of nitrogens with one attached hydrogen (secondary N) is 3. The number of alkyl halides is 1. The summed E-state index contributed by atoms with van der Waals surface area (Å²) in [6.45, 7) is 1.38. The molecule has 2 aromatic heterocycles. The first-order chi connectivity index (χ1) is 19.2. The van der Waals surface area contributed by atoms with Crippen molar-refractivity contribution in [2.75, 3.05) is 38.6 Å². The van der Waals surface area contributed by atoms with E-state index in [2.05, 4.69) is 24.7 Å². The molecule has 0 saturated heterocycles. The number of sulfonamides is 2. The van der Waals surface area contributed by atoms with E-state index in [-0.39, 0.29) is 21.6 Å². The second-order valence-electron chi connectivity index (χ2n) is 8.60. The van der Waals surface area contributed by atoms with Crippen LogP contribution >= 0.6 is 34.3 Å². The number of fused-ring (bicyclic) bond motifs is 2. The van der Waals surface area contributed by atoms with E-state index in [1.54, 1.807) is 52.2 Å². The van der Waals surface area contributed by atoms with E-state index in [0.717, 1.165) is 35.5 Å². The van der Waals surface area contributed by atoms with Crippen LogP contribution in [0.3, 0.4) is 0 Å². The minimum Gasteiger partial charge on any atom is -0.384 e. The van der Waals surface area contributed by atoms with Crippen LogP contribution in [0.1, 0.15) is 11.1 Å². The molecular weight excluding hydrogens is 616 g/mol. The van der Waals surface area contributed by atoms with E-state index >= 15 is 0 Å². The maximum Gasteiger partial charge on any atom is 0.263 e. The van der Waals surface area contributed by atoms with E-state index in [1.807, 2.05) is 0 Å². The summed E-state index contributed by atoms with van der Waals surface area (Å²) in [5.41, 5.74) is 3.60. The van der Waals surface area contributed by atoms with Crippen LogP contribution in [0.15, 0.2) is 69.3 Å². The summed E-state index contributed by atoms with van der Waals surface area (Å²) in [5.74, 6) is -0.276. The highest BCUT2D eigenvalue weighted by Crippen LogP contribution is 2.31. The molecular formula is C24H23ClN6O5S4. The Balaban J connectivity index is 0.000000164.